The summed E-state index contributed by atoms with van der Waals surface area (Å²) in [5.74, 6) is 0.908. The minimum atomic E-state index is 0.351. The molecule has 112 valence electrons. The molecule has 0 aliphatic rings. The molecule has 2 aromatic rings. The van der Waals surface area contributed by atoms with Crippen molar-refractivity contribution in [2.75, 3.05) is 13.7 Å². The fourth-order valence-corrected chi connectivity index (χ4v) is 2.75. The second-order valence-corrected chi connectivity index (χ2v) is 5.52. The molecule has 0 spiro atoms. The lowest BCUT2D eigenvalue weighted by molar-refractivity contribution is 0.414. The number of rotatable bonds is 6. The lowest BCUT2D eigenvalue weighted by Gasteiger charge is -2.21. The van der Waals surface area contributed by atoms with Gasteiger partial charge in [0, 0.05) is 6.04 Å². The van der Waals surface area contributed by atoms with Gasteiger partial charge in [-0.3, -0.25) is 0 Å². The molecule has 1 N–H and O–H groups in total. The smallest absolute Gasteiger partial charge is 0.118 e. The molecule has 0 bridgehead atoms. The molecule has 2 heteroatoms. The highest BCUT2D eigenvalue weighted by Crippen LogP contribution is 2.23. The molecule has 0 heterocycles. The van der Waals surface area contributed by atoms with E-state index in [-0.39, 0.29) is 0 Å². The zero-order valence-electron chi connectivity index (χ0n) is 13.4. The van der Waals surface area contributed by atoms with Crippen LogP contribution in [0.15, 0.2) is 42.5 Å². The first-order valence-electron chi connectivity index (χ1n) is 7.57. The van der Waals surface area contributed by atoms with Crippen LogP contribution in [-0.4, -0.2) is 13.7 Å². The van der Waals surface area contributed by atoms with Gasteiger partial charge >= 0.3 is 0 Å². The molecule has 1 unspecified atom stereocenters. The van der Waals surface area contributed by atoms with Gasteiger partial charge in [0.25, 0.3) is 0 Å². The van der Waals surface area contributed by atoms with E-state index in [4.69, 9.17) is 4.74 Å². The number of likely N-dealkylation sites (N-methyl/N-ethyl adjacent to an activating group) is 1. The Kier molecular flexibility index (Phi) is 5.40. The van der Waals surface area contributed by atoms with E-state index in [0.29, 0.717) is 6.04 Å². The molecule has 0 saturated heterocycles. The minimum Gasteiger partial charge on any atom is -0.497 e. The maximum Gasteiger partial charge on any atom is 0.118 e. The van der Waals surface area contributed by atoms with Crippen molar-refractivity contribution in [3.8, 4) is 5.75 Å². The first kappa shape index (κ1) is 15.6. The second-order valence-electron chi connectivity index (χ2n) is 5.52. The molecule has 0 aliphatic carbocycles. The highest BCUT2D eigenvalue weighted by atomic mass is 16.5. The fraction of sp³-hybridized carbons (Fsp3) is 0.368. The molecular formula is C19H25NO. The predicted molar refractivity (Wildman–Crippen MR) is 89.0 cm³/mol. The number of benzene rings is 2. The van der Waals surface area contributed by atoms with Gasteiger partial charge < -0.3 is 10.1 Å². The molecule has 0 fully saturated rings. The predicted octanol–water partition coefficient (Wildman–Crippen LogP) is 4.21. The van der Waals surface area contributed by atoms with Crippen LogP contribution >= 0.6 is 0 Å². The van der Waals surface area contributed by atoms with Gasteiger partial charge in [0.2, 0.25) is 0 Å². The van der Waals surface area contributed by atoms with Crippen LogP contribution in [-0.2, 0) is 6.42 Å². The summed E-state index contributed by atoms with van der Waals surface area (Å²) < 4.78 is 5.22. The van der Waals surface area contributed by atoms with Gasteiger partial charge in [0.05, 0.1) is 7.11 Å². The molecular weight excluding hydrogens is 258 g/mol. The molecule has 0 amide bonds. The van der Waals surface area contributed by atoms with Crippen LogP contribution in [0.3, 0.4) is 0 Å². The monoisotopic (exact) mass is 283 g/mol. The zero-order chi connectivity index (χ0) is 15.2. The first-order valence-corrected chi connectivity index (χ1v) is 7.57. The van der Waals surface area contributed by atoms with Crippen molar-refractivity contribution in [1.29, 1.82) is 0 Å². The van der Waals surface area contributed by atoms with Crippen LogP contribution in [0.2, 0.25) is 0 Å². The molecule has 0 saturated carbocycles. The normalized spacial score (nSPS) is 12.2. The van der Waals surface area contributed by atoms with E-state index in [1.807, 2.05) is 12.1 Å². The average molecular weight is 283 g/mol. The SMILES string of the molecule is CCNC(Cc1ccc(OC)cc1)c1ccc(C)cc1C. The summed E-state index contributed by atoms with van der Waals surface area (Å²) in [6.07, 6.45) is 0.988. The van der Waals surface area contributed by atoms with Crippen LogP contribution in [0.1, 0.15) is 35.2 Å². The first-order chi connectivity index (χ1) is 10.1. The van der Waals surface area contributed by atoms with E-state index in [1.54, 1.807) is 7.11 Å². The second kappa shape index (κ2) is 7.28. The van der Waals surface area contributed by atoms with Gasteiger partial charge in [-0.05, 0) is 55.6 Å². The number of hydrogen-bond acceptors (Lipinski definition) is 2. The quantitative estimate of drug-likeness (QED) is 0.857. The van der Waals surface area contributed by atoms with E-state index < -0.39 is 0 Å². The summed E-state index contributed by atoms with van der Waals surface area (Å²) in [5.41, 5.74) is 5.38. The van der Waals surface area contributed by atoms with E-state index in [0.717, 1.165) is 18.7 Å². The van der Waals surface area contributed by atoms with Gasteiger partial charge in [-0.15, -0.1) is 0 Å². The largest absolute Gasteiger partial charge is 0.497 e. The highest BCUT2D eigenvalue weighted by molar-refractivity contribution is 5.35. The van der Waals surface area contributed by atoms with E-state index in [1.165, 1.54) is 22.3 Å². The highest BCUT2D eigenvalue weighted by Gasteiger charge is 2.13. The third kappa shape index (κ3) is 4.08. The maximum atomic E-state index is 5.22. The Morgan fingerprint density at radius 3 is 2.33 bits per heavy atom. The summed E-state index contributed by atoms with van der Waals surface area (Å²) in [6.45, 7) is 7.46. The number of hydrogen-bond donors (Lipinski definition) is 1. The van der Waals surface area contributed by atoms with Crippen molar-refractivity contribution in [1.82, 2.24) is 5.32 Å². The Morgan fingerprint density at radius 2 is 1.76 bits per heavy atom. The minimum absolute atomic E-state index is 0.351. The van der Waals surface area contributed by atoms with Crippen molar-refractivity contribution in [2.24, 2.45) is 0 Å². The Balaban J connectivity index is 2.21. The van der Waals surface area contributed by atoms with Crippen LogP contribution in [0.4, 0.5) is 0 Å². The van der Waals surface area contributed by atoms with Crippen LogP contribution in [0.25, 0.3) is 0 Å². The fourth-order valence-electron chi connectivity index (χ4n) is 2.75. The third-order valence-electron chi connectivity index (χ3n) is 3.85. The lowest BCUT2D eigenvalue weighted by atomic mass is 9.94. The van der Waals surface area contributed by atoms with Crippen molar-refractivity contribution >= 4 is 0 Å². The summed E-state index contributed by atoms with van der Waals surface area (Å²) in [6, 6.07) is 15.4. The Morgan fingerprint density at radius 1 is 1.05 bits per heavy atom. The van der Waals surface area contributed by atoms with E-state index >= 15 is 0 Å². The van der Waals surface area contributed by atoms with Gasteiger partial charge in [0.1, 0.15) is 5.75 Å². The third-order valence-corrected chi connectivity index (χ3v) is 3.85. The summed E-state index contributed by atoms with van der Waals surface area (Å²) >= 11 is 0. The van der Waals surface area contributed by atoms with Gasteiger partial charge in [-0.2, -0.15) is 0 Å². The van der Waals surface area contributed by atoms with Gasteiger partial charge in [0.15, 0.2) is 0 Å². The topological polar surface area (TPSA) is 21.3 Å². The van der Waals surface area contributed by atoms with Gasteiger partial charge in [-0.25, -0.2) is 0 Å². The molecule has 2 nitrogen and oxygen atoms in total. The van der Waals surface area contributed by atoms with Crippen molar-refractivity contribution in [2.45, 2.75) is 33.2 Å². The molecule has 0 aliphatic heterocycles. The average Bonchev–Trinajstić information content (AvgIpc) is 2.48. The van der Waals surface area contributed by atoms with Crippen molar-refractivity contribution in [3.63, 3.8) is 0 Å². The molecule has 2 rings (SSSR count). The van der Waals surface area contributed by atoms with Crippen LogP contribution in [0.5, 0.6) is 5.75 Å². The Labute approximate surface area is 128 Å². The standard InChI is InChI=1S/C19H25NO/c1-5-20-19(18-11-6-14(2)12-15(18)3)13-16-7-9-17(21-4)10-8-16/h6-12,19-20H,5,13H2,1-4H3. The Bertz CT molecular complexity index is 575. The van der Waals surface area contributed by atoms with Gasteiger partial charge in [-0.1, -0.05) is 42.8 Å². The maximum absolute atomic E-state index is 5.22. The molecule has 0 aromatic heterocycles. The van der Waals surface area contributed by atoms with Crippen molar-refractivity contribution < 1.29 is 4.74 Å². The van der Waals surface area contributed by atoms with Crippen LogP contribution in [0, 0.1) is 13.8 Å². The lowest BCUT2D eigenvalue weighted by Crippen LogP contribution is -2.23. The zero-order valence-corrected chi connectivity index (χ0v) is 13.4. The summed E-state index contributed by atoms with van der Waals surface area (Å²) in [5, 5.41) is 3.61. The van der Waals surface area contributed by atoms with E-state index in [2.05, 4.69) is 56.4 Å². The number of nitrogens with one attached hydrogen (secondary N) is 1. The number of ether oxygens (including phenoxy) is 1. The molecule has 2 aromatic carbocycles. The van der Waals surface area contributed by atoms with E-state index in [9.17, 15) is 0 Å². The van der Waals surface area contributed by atoms with Crippen molar-refractivity contribution in [3.05, 3.63) is 64.7 Å². The molecule has 21 heavy (non-hydrogen) atoms. The summed E-state index contributed by atoms with van der Waals surface area (Å²) in [7, 11) is 1.70. The Hall–Kier alpha value is -1.80. The molecule has 1 atom stereocenters. The summed E-state index contributed by atoms with van der Waals surface area (Å²) in [4.78, 5) is 0. The van der Waals surface area contributed by atoms with Crippen LogP contribution < -0.4 is 10.1 Å². The number of aryl methyl sites for hydroxylation is 2. The molecule has 0 radical (unpaired) electrons. The number of methoxy groups -OCH3 is 1.